The molecule has 2 nitrogen and oxygen atoms in total. The van der Waals surface area contributed by atoms with Crippen LogP contribution in [0.1, 0.15) is 6.42 Å². The Balaban J connectivity index is 2.80. The maximum absolute atomic E-state index is 9.11. The Morgan fingerprint density at radius 2 is 2.27 bits per heavy atom. The van der Waals surface area contributed by atoms with Gasteiger partial charge in [0.1, 0.15) is 5.75 Å². The van der Waals surface area contributed by atoms with E-state index in [4.69, 9.17) is 5.11 Å². The van der Waals surface area contributed by atoms with Crippen molar-refractivity contribution >= 4 is 6.08 Å². The summed E-state index contributed by atoms with van der Waals surface area (Å²) < 4.78 is 0. The van der Waals surface area contributed by atoms with Gasteiger partial charge in [0.25, 0.3) is 0 Å². The standard InChI is InChI=1S/C9H9NO/c11-8-4-3-7-2-1-5-10-9(7)6-8/h2-4,6,11H,1,5H2. The van der Waals surface area contributed by atoms with Crippen molar-refractivity contribution in [3.8, 4) is 5.75 Å². The summed E-state index contributed by atoms with van der Waals surface area (Å²) in [4.78, 5) is 4.26. The Bertz CT molecular complexity index is 381. The predicted octanol–water partition coefficient (Wildman–Crippen LogP) is 0.196. The molecule has 0 amide bonds. The highest BCUT2D eigenvalue weighted by Gasteiger charge is 1.94. The normalized spacial score (nSPS) is 14.5. The Labute approximate surface area is 64.5 Å². The second-order valence-electron chi connectivity index (χ2n) is 2.62. The first-order valence-corrected chi connectivity index (χ1v) is 3.70. The van der Waals surface area contributed by atoms with E-state index in [0.717, 1.165) is 23.5 Å². The smallest absolute Gasteiger partial charge is 0.117 e. The molecular formula is C9H9NO. The molecule has 11 heavy (non-hydrogen) atoms. The summed E-state index contributed by atoms with van der Waals surface area (Å²) in [6.07, 6.45) is 3.15. The highest BCUT2D eigenvalue weighted by atomic mass is 16.3. The second-order valence-corrected chi connectivity index (χ2v) is 2.62. The summed E-state index contributed by atoms with van der Waals surface area (Å²) in [5, 5.41) is 11.2. The van der Waals surface area contributed by atoms with Crippen molar-refractivity contribution in [2.45, 2.75) is 6.42 Å². The number of fused-ring (bicyclic) bond motifs is 1. The first-order chi connectivity index (χ1) is 5.36. The minimum absolute atomic E-state index is 0.294. The van der Waals surface area contributed by atoms with E-state index in [1.807, 2.05) is 6.07 Å². The highest BCUT2D eigenvalue weighted by Crippen LogP contribution is 1.99. The number of nitrogens with zero attached hydrogens (tertiary/aromatic N) is 1. The van der Waals surface area contributed by atoms with Crippen LogP contribution in [0.2, 0.25) is 0 Å². The molecule has 1 heterocycles. The molecule has 0 saturated carbocycles. The number of rotatable bonds is 0. The Kier molecular flexibility index (Phi) is 1.39. The van der Waals surface area contributed by atoms with Crippen LogP contribution in [0.15, 0.2) is 23.2 Å². The summed E-state index contributed by atoms with van der Waals surface area (Å²) in [5.41, 5.74) is 0. The molecule has 0 spiro atoms. The number of phenols is 1. The average molecular weight is 147 g/mol. The van der Waals surface area contributed by atoms with Gasteiger partial charge >= 0.3 is 0 Å². The highest BCUT2D eigenvalue weighted by molar-refractivity contribution is 5.30. The summed E-state index contributed by atoms with van der Waals surface area (Å²) in [7, 11) is 0. The Morgan fingerprint density at radius 3 is 3.18 bits per heavy atom. The van der Waals surface area contributed by atoms with Gasteiger partial charge in [0.15, 0.2) is 0 Å². The maximum atomic E-state index is 9.11. The van der Waals surface area contributed by atoms with Crippen LogP contribution in [-0.2, 0) is 0 Å². The Hall–Kier alpha value is -1.31. The van der Waals surface area contributed by atoms with E-state index in [2.05, 4.69) is 11.1 Å². The van der Waals surface area contributed by atoms with Crippen molar-refractivity contribution in [2.75, 3.05) is 6.54 Å². The van der Waals surface area contributed by atoms with Crippen molar-refractivity contribution in [2.24, 2.45) is 4.99 Å². The van der Waals surface area contributed by atoms with Crippen LogP contribution in [-0.4, -0.2) is 11.7 Å². The molecule has 1 aromatic carbocycles. The van der Waals surface area contributed by atoms with Gasteiger partial charge in [0.05, 0.1) is 5.36 Å². The quantitative estimate of drug-likeness (QED) is 0.558. The molecule has 56 valence electrons. The molecule has 1 aromatic rings. The average Bonchev–Trinajstić information content (AvgIpc) is 2.04. The van der Waals surface area contributed by atoms with Crippen LogP contribution in [0.5, 0.6) is 5.75 Å². The first-order valence-electron chi connectivity index (χ1n) is 3.70. The summed E-state index contributed by atoms with van der Waals surface area (Å²) in [6, 6.07) is 5.29. The molecular weight excluding hydrogens is 138 g/mol. The number of hydrogen-bond donors (Lipinski definition) is 1. The zero-order valence-corrected chi connectivity index (χ0v) is 6.12. The van der Waals surface area contributed by atoms with Crippen LogP contribution in [0, 0.1) is 0 Å². The monoisotopic (exact) mass is 147 g/mol. The molecule has 0 saturated heterocycles. The molecule has 0 unspecified atom stereocenters. The van der Waals surface area contributed by atoms with Gasteiger partial charge < -0.3 is 5.11 Å². The third-order valence-corrected chi connectivity index (χ3v) is 1.79. The van der Waals surface area contributed by atoms with Crippen LogP contribution in [0.4, 0.5) is 0 Å². The molecule has 1 aliphatic heterocycles. The first kappa shape index (κ1) is 6.40. The summed E-state index contributed by atoms with van der Waals surface area (Å²) >= 11 is 0. The molecule has 1 aliphatic rings. The summed E-state index contributed by atoms with van der Waals surface area (Å²) in [6.45, 7) is 0.844. The van der Waals surface area contributed by atoms with Crippen molar-refractivity contribution in [1.29, 1.82) is 0 Å². The van der Waals surface area contributed by atoms with Gasteiger partial charge in [-0.3, -0.25) is 4.99 Å². The van der Waals surface area contributed by atoms with Crippen molar-refractivity contribution < 1.29 is 5.11 Å². The lowest BCUT2D eigenvalue weighted by molar-refractivity contribution is 0.474. The lowest BCUT2D eigenvalue weighted by Gasteiger charge is -1.98. The minimum atomic E-state index is 0.294. The SMILES string of the molecule is Oc1ccc2c(c1)=NCCC=2. The van der Waals surface area contributed by atoms with Gasteiger partial charge in [-0.05, 0) is 23.8 Å². The maximum Gasteiger partial charge on any atom is 0.117 e. The van der Waals surface area contributed by atoms with Crippen LogP contribution >= 0.6 is 0 Å². The molecule has 2 heteroatoms. The van der Waals surface area contributed by atoms with E-state index in [1.54, 1.807) is 12.1 Å². The Morgan fingerprint density at radius 1 is 1.36 bits per heavy atom. The van der Waals surface area contributed by atoms with Gasteiger partial charge in [-0.2, -0.15) is 0 Å². The van der Waals surface area contributed by atoms with Crippen LogP contribution in [0.3, 0.4) is 0 Å². The number of hydrogen-bond acceptors (Lipinski definition) is 2. The van der Waals surface area contributed by atoms with Gasteiger partial charge in [-0.15, -0.1) is 0 Å². The van der Waals surface area contributed by atoms with E-state index >= 15 is 0 Å². The minimum Gasteiger partial charge on any atom is -0.508 e. The van der Waals surface area contributed by atoms with E-state index in [0.29, 0.717) is 5.75 Å². The van der Waals surface area contributed by atoms with Gasteiger partial charge in [0, 0.05) is 12.6 Å². The topological polar surface area (TPSA) is 32.6 Å². The predicted molar refractivity (Wildman–Crippen MR) is 42.8 cm³/mol. The van der Waals surface area contributed by atoms with E-state index < -0.39 is 0 Å². The van der Waals surface area contributed by atoms with Crippen molar-refractivity contribution in [3.05, 3.63) is 28.8 Å². The largest absolute Gasteiger partial charge is 0.508 e. The number of benzene rings is 1. The van der Waals surface area contributed by atoms with Crippen molar-refractivity contribution in [1.82, 2.24) is 0 Å². The molecule has 0 bridgehead atoms. The second kappa shape index (κ2) is 2.38. The van der Waals surface area contributed by atoms with Gasteiger partial charge in [-0.1, -0.05) is 6.08 Å². The molecule has 0 radical (unpaired) electrons. The third kappa shape index (κ3) is 1.11. The van der Waals surface area contributed by atoms with Gasteiger partial charge in [-0.25, -0.2) is 0 Å². The fourth-order valence-corrected chi connectivity index (χ4v) is 1.25. The fraction of sp³-hybridized carbons (Fsp3) is 0.222. The molecule has 1 N–H and O–H groups in total. The molecule has 0 aromatic heterocycles. The third-order valence-electron chi connectivity index (χ3n) is 1.79. The summed E-state index contributed by atoms with van der Waals surface area (Å²) in [5.74, 6) is 0.294. The molecule has 0 atom stereocenters. The molecule has 2 rings (SSSR count). The zero-order valence-electron chi connectivity index (χ0n) is 6.12. The zero-order chi connectivity index (χ0) is 7.68. The van der Waals surface area contributed by atoms with Crippen LogP contribution in [0.25, 0.3) is 6.08 Å². The number of phenolic OH excluding ortho intramolecular Hbond substituents is 1. The van der Waals surface area contributed by atoms with Gasteiger partial charge in [0.2, 0.25) is 0 Å². The van der Waals surface area contributed by atoms with Crippen LogP contribution < -0.4 is 10.6 Å². The lowest BCUT2D eigenvalue weighted by atomic mass is 10.2. The lowest BCUT2D eigenvalue weighted by Crippen LogP contribution is -2.27. The fourth-order valence-electron chi connectivity index (χ4n) is 1.25. The van der Waals surface area contributed by atoms with E-state index in [-0.39, 0.29) is 0 Å². The molecule has 0 fully saturated rings. The number of aromatic hydroxyl groups is 1. The van der Waals surface area contributed by atoms with Crippen molar-refractivity contribution in [3.63, 3.8) is 0 Å². The van der Waals surface area contributed by atoms with E-state index in [1.165, 1.54) is 0 Å². The molecule has 0 aliphatic carbocycles. The van der Waals surface area contributed by atoms with E-state index in [9.17, 15) is 0 Å².